The molecule has 4 unspecified atom stereocenters. The zero-order valence-corrected chi connectivity index (χ0v) is 12.7. The van der Waals surface area contributed by atoms with Gasteiger partial charge in [0.05, 0.1) is 0 Å². The number of rotatable bonds is 1. The minimum absolute atomic E-state index is 0.162. The predicted molar refractivity (Wildman–Crippen MR) is 77.1 cm³/mol. The van der Waals surface area contributed by atoms with Gasteiger partial charge in [-0.25, -0.2) is 0 Å². The van der Waals surface area contributed by atoms with Crippen molar-refractivity contribution in [2.75, 3.05) is 6.54 Å². The summed E-state index contributed by atoms with van der Waals surface area (Å²) in [5.41, 5.74) is 0. The van der Waals surface area contributed by atoms with Crippen molar-refractivity contribution < 1.29 is 9.59 Å². The molecule has 4 nitrogen and oxygen atoms in total. The SMILES string of the molecule is CC1CCCC(N2C(=O)C3CCCCN3C(=O)C2C)C1. The fourth-order valence-electron chi connectivity index (χ4n) is 4.32. The van der Waals surface area contributed by atoms with E-state index in [2.05, 4.69) is 6.92 Å². The van der Waals surface area contributed by atoms with Crippen LogP contribution in [0.1, 0.15) is 58.8 Å². The zero-order valence-electron chi connectivity index (χ0n) is 12.7. The monoisotopic (exact) mass is 278 g/mol. The Morgan fingerprint density at radius 3 is 2.50 bits per heavy atom. The van der Waals surface area contributed by atoms with E-state index in [9.17, 15) is 9.59 Å². The molecule has 20 heavy (non-hydrogen) atoms. The zero-order chi connectivity index (χ0) is 14.3. The first kappa shape index (κ1) is 13.9. The van der Waals surface area contributed by atoms with E-state index in [0.717, 1.165) is 38.6 Å². The number of hydrogen-bond donors (Lipinski definition) is 0. The molecule has 0 N–H and O–H groups in total. The van der Waals surface area contributed by atoms with Crippen molar-refractivity contribution in [3.05, 3.63) is 0 Å². The van der Waals surface area contributed by atoms with Gasteiger partial charge in [0.2, 0.25) is 11.8 Å². The quantitative estimate of drug-likeness (QED) is 0.737. The molecule has 3 rings (SSSR count). The van der Waals surface area contributed by atoms with E-state index in [0.29, 0.717) is 5.92 Å². The third-order valence-corrected chi connectivity index (χ3v) is 5.40. The minimum Gasteiger partial charge on any atom is -0.329 e. The van der Waals surface area contributed by atoms with Gasteiger partial charge in [0.15, 0.2) is 0 Å². The molecule has 0 aromatic carbocycles. The summed E-state index contributed by atoms with van der Waals surface area (Å²) < 4.78 is 0. The number of fused-ring (bicyclic) bond motifs is 1. The largest absolute Gasteiger partial charge is 0.329 e. The summed E-state index contributed by atoms with van der Waals surface area (Å²) in [5.74, 6) is 1.07. The van der Waals surface area contributed by atoms with Gasteiger partial charge in [-0.2, -0.15) is 0 Å². The lowest BCUT2D eigenvalue weighted by Crippen LogP contribution is -2.67. The van der Waals surface area contributed by atoms with Crippen molar-refractivity contribution in [2.24, 2.45) is 5.92 Å². The lowest BCUT2D eigenvalue weighted by atomic mass is 9.84. The second-order valence-corrected chi connectivity index (χ2v) is 6.89. The van der Waals surface area contributed by atoms with Crippen LogP contribution in [0.4, 0.5) is 0 Å². The van der Waals surface area contributed by atoms with Gasteiger partial charge in [-0.1, -0.05) is 19.8 Å². The van der Waals surface area contributed by atoms with Crippen LogP contribution in [0.3, 0.4) is 0 Å². The van der Waals surface area contributed by atoms with Gasteiger partial charge in [0, 0.05) is 12.6 Å². The fourth-order valence-corrected chi connectivity index (χ4v) is 4.32. The Balaban J connectivity index is 1.82. The molecular formula is C16H26N2O2. The summed E-state index contributed by atoms with van der Waals surface area (Å²) in [7, 11) is 0. The van der Waals surface area contributed by atoms with Crippen molar-refractivity contribution in [3.63, 3.8) is 0 Å². The predicted octanol–water partition coefficient (Wildman–Crippen LogP) is 2.18. The molecule has 2 heterocycles. The number of amides is 2. The third-order valence-electron chi connectivity index (χ3n) is 5.40. The van der Waals surface area contributed by atoms with Gasteiger partial charge in [0.25, 0.3) is 0 Å². The second kappa shape index (κ2) is 5.38. The topological polar surface area (TPSA) is 40.6 Å². The number of nitrogens with zero attached hydrogens (tertiary/aromatic N) is 2. The van der Waals surface area contributed by atoms with E-state index >= 15 is 0 Å². The van der Waals surface area contributed by atoms with Gasteiger partial charge < -0.3 is 9.80 Å². The van der Waals surface area contributed by atoms with Crippen LogP contribution in [0.15, 0.2) is 0 Å². The first-order chi connectivity index (χ1) is 9.59. The van der Waals surface area contributed by atoms with Crippen molar-refractivity contribution in [2.45, 2.75) is 76.9 Å². The Morgan fingerprint density at radius 1 is 0.950 bits per heavy atom. The summed E-state index contributed by atoms with van der Waals surface area (Å²) >= 11 is 0. The molecule has 1 saturated carbocycles. The van der Waals surface area contributed by atoms with E-state index in [1.807, 2.05) is 16.7 Å². The highest BCUT2D eigenvalue weighted by Gasteiger charge is 2.47. The maximum absolute atomic E-state index is 12.9. The van der Waals surface area contributed by atoms with Crippen molar-refractivity contribution >= 4 is 11.8 Å². The molecule has 4 atom stereocenters. The number of hydrogen-bond acceptors (Lipinski definition) is 2. The van der Waals surface area contributed by atoms with Crippen molar-refractivity contribution in [1.29, 1.82) is 0 Å². The molecule has 4 heteroatoms. The Hall–Kier alpha value is -1.06. The normalized spacial score (nSPS) is 38.9. The molecule has 2 amide bonds. The average Bonchev–Trinajstić information content (AvgIpc) is 2.45. The summed E-state index contributed by atoms with van der Waals surface area (Å²) in [6.45, 7) is 4.96. The molecule has 0 radical (unpaired) electrons. The maximum atomic E-state index is 12.9. The van der Waals surface area contributed by atoms with Gasteiger partial charge in [-0.05, 0) is 44.9 Å². The molecule has 2 aliphatic heterocycles. The van der Waals surface area contributed by atoms with Crippen LogP contribution >= 0.6 is 0 Å². The Bertz CT molecular complexity index is 409. The Labute approximate surface area is 121 Å². The van der Waals surface area contributed by atoms with E-state index in [1.165, 1.54) is 12.8 Å². The van der Waals surface area contributed by atoms with Crippen LogP contribution in [-0.4, -0.2) is 46.3 Å². The third kappa shape index (κ3) is 2.23. The molecule has 3 fully saturated rings. The molecule has 0 spiro atoms. The lowest BCUT2D eigenvalue weighted by molar-refractivity contribution is -0.166. The maximum Gasteiger partial charge on any atom is 0.246 e. The molecule has 3 aliphatic rings. The van der Waals surface area contributed by atoms with Gasteiger partial charge in [-0.15, -0.1) is 0 Å². The van der Waals surface area contributed by atoms with E-state index in [4.69, 9.17) is 0 Å². The van der Waals surface area contributed by atoms with Crippen LogP contribution in [0.2, 0.25) is 0 Å². The number of carbonyl (C=O) groups excluding carboxylic acids is 2. The van der Waals surface area contributed by atoms with E-state index < -0.39 is 0 Å². The molecule has 1 aliphatic carbocycles. The van der Waals surface area contributed by atoms with Crippen LogP contribution in [0.25, 0.3) is 0 Å². The molecule has 0 aromatic rings. The summed E-state index contributed by atoms with van der Waals surface area (Å²) in [6, 6.07) is -0.133. The highest BCUT2D eigenvalue weighted by Crippen LogP contribution is 2.33. The molecule has 0 bridgehead atoms. The van der Waals surface area contributed by atoms with Gasteiger partial charge in [0.1, 0.15) is 12.1 Å². The van der Waals surface area contributed by atoms with Crippen LogP contribution in [0, 0.1) is 5.92 Å². The average molecular weight is 278 g/mol. The van der Waals surface area contributed by atoms with Crippen LogP contribution in [0.5, 0.6) is 0 Å². The number of carbonyl (C=O) groups is 2. The van der Waals surface area contributed by atoms with Crippen LogP contribution < -0.4 is 0 Å². The minimum atomic E-state index is -0.257. The molecular weight excluding hydrogens is 252 g/mol. The lowest BCUT2D eigenvalue weighted by Gasteiger charge is -2.49. The van der Waals surface area contributed by atoms with Crippen molar-refractivity contribution in [1.82, 2.24) is 9.80 Å². The highest BCUT2D eigenvalue weighted by atomic mass is 16.2. The first-order valence-electron chi connectivity index (χ1n) is 8.22. The smallest absolute Gasteiger partial charge is 0.246 e. The first-order valence-corrected chi connectivity index (χ1v) is 8.22. The molecule has 2 saturated heterocycles. The second-order valence-electron chi connectivity index (χ2n) is 6.89. The highest BCUT2D eigenvalue weighted by molar-refractivity contribution is 5.97. The van der Waals surface area contributed by atoms with E-state index in [1.54, 1.807) is 0 Å². The summed E-state index contributed by atoms with van der Waals surface area (Å²) in [6.07, 6.45) is 7.56. The van der Waals surface area contributed by atoms with E-state index in [-0.39, 0.29) is 29.9 Å². The summed E-state index contributed by atoms with van der Waals surface area (Å²) in [4.78, 5) is 29.2. The van der Waals surface area contributed by atoms with Crippen molar-refractivity contribution in [3.8, 4) is 0 Å². The molecule has 0 aromatic heterocycles. The van der Waals surface area contributed by atoms with Gasteiger partial charge in [-0.3, -0.25) is 9.59 Å². The molecule has 112 valence electrons. The van der Waals surface area contributed by atoms with Gasteiger partial charge >= 0.3 is 0 Å². The number of piperazine rings is 1. The fraction of sp³-hybridized carbons (Fsp3) is 0.875. The Morgan fingerprint density at radius 2 is 1.75 bits per heavy atom. The summed E-state index contributed by atoms with van der Waals surface area (Å²) in [5, 5.41) is 0. The standard InChI is InChI=1S/C16H26N2O2/c1-11-6-5-7-13(10-11)18-12(2)15(19)17-9-4-3-8-14(17)16(18)20/h11-14H,3-10H2,1-2H3. The van der Waals surface area contributed by atoms with Crippen LogP contribution in [-0.2, 0) is 9.59 Å². The number of piperidine rings is 1. The Kier molecular flexibility index (Phi) is 3.74.